The van der Waals surface area contributed by atoms with Crippen molar-refractivity contribution >= 4 is 6.03 Å². The molecule has 4 nitrogen and oxygen atoms in total. The third-order valence-corrected chi connectivity index (χ3v) is 2.28. The van der Waals surface area contributed by atoms with E-state index < -0.39 is 36.2 Å². The third kappa shape index (κ3) is 4.25. The first-order valence-electron chi connectivity index (χ1n) is 5.34. The maximum Gasteiger partial charge on any atom is 0.413 e. The van der Waals surface area contributed by atoms with E-state index in [9.17, 15) is 26.7 Å². The molecule has 0 aromatic heterocycles. The number of hydrogen-bond acceptors (Lipinski definition) is 2. The number of para-hydroxylation sites is 1. The Morgan fingerprint density at radius 3 is 2.35 bits per heavy atom. The fourth-order valence-corrected chi connectivity index (χ4v) is 1.46. The zero-order chi connectivity index (χ0) is 15.3. The van der Waals surface area contributed by atoms with Crippen LogP contribution in [0, 0.1) is 0 Å². The van der Waals surface area contributed by atoms with Crippen LogP contribution >= 0.6 is 0 Å². The molecule has 1 aromatic carbocycles. The molecule has 0 aliphatic carbocycles. The molecule has 1 rings (SSSR count). The quantitative estimate of drug-likeness (QED) is 0.840. The fourth-order valence-electron chi connectivity index (χ4n) is 1.46. The standard InChI is InChI=1S/C11H11F5N2O2/c1-17-10(19)18-8(11(14,15)16)6-4-2-3-5-7(6)20-9(12)13/h2-5,8-9H,1H3,(H2,17,18,19)/t8-/m0/s1. The van der Waals surface area contributed by atoms with E-state index in [-0.39, 0.29) is 0 Å². The summed E-state index contributed by atoms with van der Waals surface area (Å²) in [5.41, 5.74) is -0.607. The molecule has 0 aliphatic rings. The lowest BCUT2D eigenvalue weighted by atomic mass is 10.1. The van der Waals surface area contributed by atoms with E-state index in [1.807, 2.05) is 5.32 Å². The van der Waals surface area contributed by atoms with Crippen molar-refractivity contribution in [2.75, 3.05) is 7.05 Å². The van der Waals surface area contributed by atoms with E-state index >= 15 is 0 Å². The molecule has 0 spiro atoms. The van der Waals surface area contributed by atoms with E-state index in [0.29, 0.717) is 0 Å². The Labute approximate surface area is 110 Å². The largest absolute Gasteiger partial charge is 0.434 e. The van der Waals surface area contributed by atoms with Crippen LogP contribution in [0.4, 0.5) is 26.7 Å². The molecule has 1 atom stereocenters. The average Bonchev–Trinajstić information content (AvgIpc) is 2.34. The van der Waals surface area contributed by atoms with Gasteiger partial charge < -0.3 is 15.4 Å². The van der Waals surface area contributed by atoms with E-state index in [4.69, 9.17) is 0 Å². The highest BCUT2D eigenvalue weighted by molar-refractivity contribution is 5.74. The van der Waals surface area contributed by atoms with Crippen LogP contribution < -0.4 is 15.4 Å². The second-order valence-electron chi connectivity index (χ2n) is 3.61. The summed E-state index contributed by atoms with van der Waals surface area (Å²) in [7, 11) is 1.13. The highest BCUT2D eigenvalue weighted by Gasteiger charge is 2.43. The number of urea groups is 1. The van der Waals surface area contributed by atoms with Gasteiger partial charge in [0.15, 0.2) is 6.04 Å². The molecule has 1 aromatic rings. The lowest BCUT2D eigenvalue weighted by molar-refractivity contribution is -0.156. The topological polar surface area (TPSA) is 50.4 Å². The van der Waals surface area contributed by atoms with Gasteiger partial charge in [-0.25, -0.2) is 4.79 Å². The van der Waals surface area contributed by atoms with E-state index in [2.05, 4.69) is 4.74 Å². The van der Waals surface area contributed by atoms with Crippen molar-refractivity contribution in [1.82, 2.24) is 10.6 Å². The number of halogens is 5. The summed E-state index contributed by atoms with van der Waals surface area (Å²) < 4.78 is 67.2. The summed E-state index contributed by atoms with van der Waals surface area (Å²) in [5, 5.41) is 3.60. The number of ether oxygens (including phenoxy) is 1. The van der Waals surface area contributed by atoms with Crippen LogP contribution in [0.3, 0.4) is 0 Å². The van der Waals surface area contributed by atoms with Gasteiger partial charge in [0.05, 0.1) is 0 Å². The second-order valence-corrected chi connectivity index (χ2v) is 3.61. The maximum absolute atomic E-state index is 12.9. The molecule has 0 saturated heterocycles. The van der Waals surface area contributed by atoms with Crippen molar-refractivity contribution in [1.29, 1.82) is 0 Å². The van der Waals surface area contributed by atoms with Crippen LogP contribution in [0.25, 0.3) is 0 Å². The number of benzene rings is 1. The van der Waals surface area contributed by atoms with Crippen molar-refractivity contribution in [2.45, 2.75) is 18.8 Å². The van der Waals surface area contributed by atoms with Crippen LogP contribution in [0.1, 0.15) is 11.6 Å². The number of hydrogen-bond donors (Lipinski definition) is 2. The van der Waals surface area contributed by atoms with E-state index in [0.717, 1.165) is 19.2 Å². The van der Waals surface area contributed by atoms with Gasteiger partial charge in [-0.1, -0.05) is 18.2 Å². The third-order valence-electron chi connectivity index (χ3n) is 2.28. The van der Waals surface area contributed by atoms with Crippen LogP contribution in [-0.2, 0) is 0 Å². The van der Waals surface area contributed by atoms with Crippen LogP contribution in [0.2, 0.25) is 0 Å². The fraction of sp³-hybridized carbons (Fsp3) is 0.364. The average molecular weight is 298 g/mol. The molecule has 2 amide bonds. The molecule has 112 valence electrons. The highest BCUT2D eigenvalue weighted by atomic mass is 19.4. The molecule has 2 N–H and O–H groups in total. The van der Waals surface area contributed by atoms with Crippen LogP contribution in [-0.4, -0.2) is 25.9 Å². The molecule has 0 aliphatic heterocycles. The molecular formula is C11H11F5N2O2. The van der Waals surface area contributed by atoms with Gasteiger partial charge in [0.25, 0.3) is 0 Å². The summed E-state index contributed by atoms with van der Waals surface area (Å²) in [5.74, 6) is -0.652. The minimum Gasteiger partial charge on any atom is -0.434 e. The van der Waals surface area contributed by atoms with Gasteiger partial charge >= 0.3 is 18.8 Å². The van der Waals surface area contributed by atoms with Gasteiger partial charge in [-0.15, -0.1) is 0 Å². The summed E-state index contributed by atoms with van der Waals surface area (Å²) in [6, 6.07) is 0.820. The van der Waals surface area contributed by atoms with Gasteiger partial charge in [0, 0.05) is 12.6 Å². The predicted molar refractivity (Wildman–Crippen MR) is 59.5 cm³/mol. The zero-order valence-electron chi connectivity index (χ0n) is 10.2. The molecule has 0 saturated carbocycles. The Balaban J connectivity index is 3.16. The highest BCUT2D eigenvalue weighted by Crippen LogP contribution is 2.37. The number of alkyl halides is 5. The molecule has 0 unspecified atom stereocenters. The molecule has 0 fully saturated rings. The SMILES string of the molecule is CNC(=O)N[C@@H](c1ccccc1OC(F)F)C(F)(F)F. The van der Waals surface area contributed by atoms with Crippen molar-refractivity contribution in [2.24, 2.45) is 0 Å². The maximum atomic E-state index is 12.9. The van der Waals surface area contributed by atoms with E-state index in [1.54, 1.807) is 5.32 Å². The summed E-state index contributed by atoms with van der Waals surface area (Å²) >= 11 is 0. The summed E-state index contributed by atoms with van der Waals surface area (Å²) in [6.45, 7) is -3.27. The molecular weight excluding hydrogens is 287 g/mol. The smallest absolute Gasteiger partial charge is 0.413 e. The Morgan fingerprint density at radius 1 is 1.25 bits per heavy atom. The van der Waals surface area contributed by atoms with Crippen LogP contribution in [0.5, 0.6) is 5.75 Å². The van der Waals surface area contributed by atoms with Gasteiger partial charge in [0.1, 0.15) is 5.75 Å². The predicted octanol–water partition coefficient (Wildman–Crippen LogP) is 2.82. The first-order valence-corrected chi connectivity index (χ1v) is 5.34. The normalized spacial score (nSPS) is 12.9. The Kier molecular flexibility index (Phi) is 5.12. The molecule has 20 heavy (non-hydrogen) atoms. The van der Waals surface area contributed by atoms with Gasteiger partial charge in [0.2, 0.25) is 0 Å². The number of carbonyl (C=O) groups excluding carboxylic acids is 1. The summed E-state index contributed by atoms with van der Waals surface area (Å²) in [4.78, 5) is 11.1. The van der Waals surface area contributed by atoms with Crippen molar-refractivity contribution in [3.05, 3.63) is 29.8 Å². The number of amides is 2. The van der Waals surface area contributed by atoms with Crippen molar-refractivity contribution in [3.8, 4) is 5.75 Å². The Morgan fingerprint density at radius 2 is 1.85 bits per heavy atom. The first kappa shape index (κ1) is 16.0. The minimum atomic E-state index is -4.87. The lowest BCUT2D eigenvalue weighted by Crippen LogP contribution is -2.42. The Bertz CT molecular complexity index is 464. The van der Waals surface area contributed by atoms with Gasteiger partial charge in [-0.2, -0.15) is 22.0 Å². The van der Waals surface area contributed by atoms with Gasteiger partial charge in [-0.05, 0) is 6.07 Å². The number of nitrogens with one attached hydrogen (secondary N) is 2. The first-order chi connectivity index (χ1) is 9.25. The number of rotatable bonds is 4. The van der Waals surface area contributed by atoms with Crippen molar-refractivity contribution in [3.63, 3.8) is 0 Å². The van der Waals surface area contributed by atoms with Crippen molar-refractivity contribution < 1.29 is 31.5 Å². The molecule has 0 bridgehead atoms. The second kappa shape index (κ2) is 6.40. The van der Waals surface area contributed by atoms with Gasteiger partial charge in [-0.3, -0.25) is 0 Å². The zero-order valence-corrected chi connectivity index (χ0v) is 10.2. The minimum absolute atomic E-state index is 0.607. The monoisotopic (exact) mass is 298 g/mol. The molecule has 0 radical (unpaired) electrons. The molecule has 0 heterocycles. The molecule has 9 heteroatoms. The van der Waals surface area contributed by atoms with Crippen LogP contribution in [0.15, 0.2) is 24.3 Å². The summed E-state index contributed by atoms with van der Waals surface area (Å²) in [6.07, 6.45) is -4.87. The Hall–Kier alpha value is -2.06. The van der Waals surface area contributed by atoms with E-state index in [1.165, 1.54) is 12.1 Å². The lowest BCUT2D eigenvalue weighted by Gasteiger charge is -2.23. The number of carbonyl (C=O) groups is 1.